The minimum Gasteiger partial charge on any atom is -0.493 e. The van der Waals surface area contributed by atoms with Crippen LogP contribution in [0, 0.1) is 10.1 Å². The Morgan fingerprint density at radius 1 is 1.17 bits per heavy atom. The van der Waals surface area contributed by atoms with Crippen LogP contribution < -0.4 is 19.7 Å². The molecule has 3 N–H and O–H groups in total. The highest BCUT2D eigenvalue weighted by molar-refractivity contribution is 5.99. The van der Waals surface area contributed by atoms with Gasteiger partial charge in [0.15, 0.2) is 23.2 Å². The van der Waals surface area contributed by atoms with Gasteiger partial charge in [-0.15, -0.1) is 5.10 Å². The van der Waals surface area contributed by atoms with E-state index in [4.69, 9.17) is 14.2 Å². The van der Waals surface area contributed by atoms with Crippen molar-refractivity contribution in [3.8, 4) is 23.1 Å². The summed E-state index contributed by atoms with van der Waals surface area (Å²) in [7, 11) is 3.00. The molecule has 0 radical (unpaired) electrons. The smallest absolute Gasteiger partial charge is 0.270 e. The topological polar surface area (TPSA) is 144 Å². The summed E-state index contributed by atoms with van der Waals surface area (Å²) < 4.78 is 16.3. The number of nitrogens with one attached hydrogen (secondary N) is 2. The zero-order valence-corrected chi connectivity index (χ0v) is 15.4. The summed E-state index contributed by atoms with van der Waals surface area (Å²) in [5.41, 5.74) is 2.10. The quantitative estimate of drug-likeness (QED) is 0.238. The third kappa shape index (κ3) is 4.42. The van der Waals surface area contributed by atoms with Gasteiger partial charge in [0.25, 0.3) is 5.69 Å². The molecule has 0 spiro atoms. The van der Waals surface area contributed by atoms with Crippen molar-refractivity contribution in [2.75, 3.05) is 14.2 Å². The van der Waals surface area contributed by atoms with Crippen molar-refractivity contribution in [1.29, 1.82) is 0 Å². The number of nitro benzene ring substituents is 1. The molecule has 0 fully saturated rings. The first kappa shape index (κ1) is 19.6. The highest BCUT2D eigenvalue weighted by atomic mass is 16.6. The maximum absolute atomic E-state index is 10.9. The number of aromatic nitrogens is 2. The van der Waals surface area contributed by atoms with Crippen molar-refractivity contribution in [2.24, 2.45) is 4.99 Å². The minimum absolute atomic E-state index is 0.0150. The van der Waals surface area contributed by atoms with E-state index in [0.717, 1.165) is 0 Å². The summed E-state index contributed by atoms with van der Waals surface area (Å²) in [5, 5.41) is 27.0. The first-order chi connectivity index (χ1) is 14.0. The lowest BCUT2D eigenvalue weighted by molar-refractivity contribution is -0.384. The third-order valence-electron chi connectivity index (χ3n) is 3.80. The largest absolute Gasteiger partial charge is 0.493 e. The van der Waals surface area contributed by atoms with Crippen LogP contribution in [-0.4, -0.2) is 40.4 Å². The second-order valence-corrected chi connectivity index (χ2v) is 5.56. The summed E-state index contributed by atoms with van der Waals surface area (Å²) in [6.07, 6.45) is 0. The van der Waals surface area contributed by atoms with E-state index in [2.05, 4.69) is 15.2 Å². The molecule has 150 valence electrons. The Balaban J connectivity index is 1.88. The fraction of sp³-hybridized carbons (Fsp3) is 0.111. The van der Waals surface area contributed by atoms with Crippen molar-refractivity contribution in [3.05, 3.63) is 64.2 Å². The van der Waals surface area contributed by atoms with Crippen molar-refractivity contribution in [1.82, 2.24) is 15.7 Å². The third-order valence-corrected chi connectivity index (χ3v) is 3.80. The Labute approximate surface area is 164 Å². The molecule has 0 bridgehead atoms. The SMILES string of the molecule is COc1cccc(OC)c1Oc1cc(/N=C(\NO)c2cccc([N+](=O)[O-])c2)[nH]n1. The maximum atomic E-state index is 10.9. The number of para-hydroxylation sites is 1. The van der Waals surface area contributed by atoms with Gasteiger partial charge in [-0.3, -0.25) is 25.9 Å². The highest BCUT2D eigenvalue weighted by Gasteiger charge is 2.15. The van der Waals surface area contributed by atoms with Gasteiger partial charge < -0.3 is 14.2 Å². The lowest BCUT2D eigenvalue weighted by Gasteiger charge is -2.11. The molecule has 1 heterocycles. The van der Waals surface area contributed by atoms with E-state index in [1.807, 2.05) is 5.48 Å². The Hall–Kier alpha value is -4.12. The number of methoxy groups -OCH3 is 2. The first-order valence-electron chi connectivity index (χ1n) is 8.23. The Morgan fingerprint density at radius 2 is 1.86 bits per heavy atom. The number of H-pyrrole nitrogens is 1. The maximum Gasteiger partial charge on any atom is 0.270 e. The lowest BCUT2D eigenvalue weighted by atomic mass is 10.2. The average molecular weight is 399 g/mol. The van der Waals surface area contributed by atoms with Crippen LogP contribution in [0.3, 0.4) is 0 Å². The van der Waals surface area contributed by atoms with Crippen molar-refractivity contribution >= 4 is 17.3 Å². The Morgan fingerprint density at radius 3 is 2.48 bits per heavy atom. The normalized spacial score (nSPS) is 11.1. The second kappa shape index (κ2) is 8.71. The molecule has 0 aliphatic heterocycles. The predicted molar refractivity (Wildman–Crippen MR) is 102 cm³/mol. The molecule has 3 rings (SSSR count). The number of non-ortho nitro benzene ring substituents is 1. The molecule has 0 saturated carbocycles. The van der Waals surface area contributed by atoms with Crippen LogP contribution in [0.2, 0.25) is 0 Å². The number of rotatable bonds is 7. The van der Waals surface area contributed by atoms with E-state index in [-0.39, 0.29) is 23.2 Å². The fourth-order valence-corrected chi connectivity index (χ4v) is 2.47. The van der Waals surface area contributed by atoms with Gasteiger partial charge in [0, 0.05) is 23.8 Å². The molecule has 11 nitrogen and oxygen atoms in total. The van der Waals surface area contributed by atoms with Crippen molar-refractivity contribution in [2.45, 2.75) is 0 Å². The van der Waals surface area contributed by atoms with Crippen LogP contribution in [0.5, 0.6) is 23.1 Å². The van der Waals surface area contributed by atoms with E-state index in [9.17, 15) is 15.3 Å². The zero-order valence-electron chi connectivity index (χ0n) is 15.4. The average Bonchev–Trinajstić information content (AvgIpc) is 3.19. The van der Waals surface area contributed by atoms with Crippen LogP contribution in [-0.2, 0) is 0 Å². The van der Waals surface area contributed by atoms with Crippen LogP contribution in [0.4, 0.5) is 11.5 Å². The van der Waals surface area contributed by atoms with Crippen LogP contribution in [0.25, 0.3) is 0 Å². The summed E-state index contributed by atoms with van der Waals surface area (Å²) >= 11 is 0. The van der Waals surface area contributed by atoms with Crippen LogP contribution in [0.15, 0.2) is 53.5 Å². The molecule has 29 heavy (non-hydrogen) atoms. The molecule has 1 aromatic heterocycles. The number of benzene rings is 2. The number of nitro groups is 1. The van der Waals surface area contributed by atoms with E-state index < -0.39 is 4.92 Å². The van der Waals surface area contributed by atoms with Gasteiger partial charge in [-0.25, -0.2) is 4.99 Å². The van der Waals surface area contributed by atoms with E-state index in [1.165, 1.54) is 38.5 Å². The number of nitrogens with zero attached hydrogens (tertiary/aromatic N) is 3. The Bertz CT molecular complexity index is 1030. The number of hydrogen-bond donors (Lipinski definition) is 3. The van der Waals surface area contributed by atoms with Gasteiger partial charge in [-0.1, -0.05) is 18.2 Å². The second-order valence-electron chi connectivity index (χ2n) is 5.56. The van der Waals surface area contributed by atoms with Crippen LogP contribution in [0.1, 0.15) is 5.56 Å². The molecule has 0 amide bonds. The number of hydrogen-bond acceptors (Lipinski definition) is 8. The number of amidine groups is 1. The predicted octanol–water partition coefficient (Wildman–Crippen LogP) is 3.18. The summed E-state index contributed by atoms with van der Waals surface area (Å²) in [6, 6.07) is 12.3. The number of ether oxygens (including phenoxy) is 3. The first-order valence-corrected chi connectivity index (χ1v) is 8.23. The van der Waals surface area contributed by atoms with Gasteiger partial charge in [0.05, 0.1) is 19.1 Å². The molecular formula is C18H17N5O6. The van der Waals surface area contributed by atoms with Crippen LogP contribution >= 0.6 is 0 Å². The standard InChI is InChI=1S/C18H17N5O6/c1-27-13-7-4-8-14(28-2)17(13)29-16-10-15(20-21-16)19-18(22-24)11-5-3-6-12(9-11)23(25)26/h3-10,24H,1-2H3,(H2,19,20,21,22). The van der Waals surface area contributed by atoms with E-state index in [1.54, 1.807) is 24.3 Å². The van der Waals surface area contributed by atoms with Gasteiger partial charge >= 0.3 is 0 Å². The van der Waals surface area contributed by atoms with Crippen molar-refractivity contribution < 1.29 is 24.3 Å². The molecule has 0 unspecified atom stereocenters. The van der Waals surface area contributed by atoms with Gasteiger partial charge in [-0.05, 0) is 12.1 Å². The summed E-state index contributed by atoms with van der Waals surface area (Å²) in [5.74, 6) is 1.62. The van der Waals surface area contributed by atoms with Gasteiger partial charge in [0.2, 0.25) is 11.6 Å². The zero-order chi connectivity index (χ0) is 20.8. The monoisotopic (exact) mass is 399 g/mol. The molecule has 0 saturated heterocycles. The van der Waals surface area contributed by atoms with Gasteiger partial charge in [0.1, 0.15) is 0 Å². The molecule has 0 atom stereocenters. The molecule has 3 aromatic rings. The number of aliphatic imine (C=N–C) groups is 1. The minimum atomic E-state index is -0.540. The molecule has 0 aliphatic rings. The number of hydroxylamine groups is 1. The van der Waals surface area contributed by atoms with Crippen molar-refractivity contribution in [3.63, 3.8) is 0 Å². The molecular weight excluding hydrogens is 382 g/mol. The van der Waals surface area contributed by atoms with Gasteiger partial charge in [-0.2, -0.15) is 0 Å². The summed E-state index contributed by atoms with van der Waals surface area (Å²) in [6.45, 7) is 0. The molecule has 2 aromatic carbocycles. The fourth-order valence-electron chi connectivity index (χ4n) is 2.47. The molecule has 0 aliphatic carbocycles. The summed E-state index contributed by atoms with van der Waals surface area (Å²) in [4.78, 5) is 14.6. The highest BCUT2D eigenvalue weighted by Crippen LogP contribution is 2.39. The number of aromatic amines is 1. The lowest BCUT2D eigenvalue weighted by Crippen LogP contribution is -2.20. The van der Waals surface area contributed by atoms with E-state index in [0.29, 0.717) is 22.8 Å². The van der Waals surface area contributed by atoms with E-state index >= 15 is 0 Å². The molecule has 11 heteroatoms. The Kier molecular flexibility index (Phi) is 5.90.